The molecule has 0 aliphatic rings. The highest BCUT2D eigenvalue weighted by Crippen LogP contribution is 2.29. The first-order chi connectivity index (χ1) is 9.47. The second-order valence-corrected chi connectivity index (χ2v) is 5.03. The molecular weight excluding hydrogens is 299 g/mol. The van der Waals surface area contributed by atoms with Crippen LogP contribution in [0, 0.1) is 0 Å². The molecule has 0 aliphatic heterocycles. The normalized spacial score (nSPS) is 10.9. The molecular formula is C12H16Cl2N6. The summed E-state index contributed by atoms with van der Waals surface area (Å²) in [6.07, 6.45) is 0. The van der Waals surface area contributed by atoms with Crippen molar-refractivity contribution in [3.63, 3.8) is 0 Å². The van der Waals surface area contributed by atoms with E-state index in [1.807, 2.05) is 37.7 Å². The van der Waals surface area contributed by atoms with Gasteiger partial charge in [0.15, 0.2) is 11.6 Å². The second kappa shape index (κ2) is 5.93. The molecule has 2 aromatic rings. The molecule has 0 saturated heterocycles. The number of fused-ring (bicyclic) bond motifs is 1. The van der Waals surface area contributed by atoms with Gasteiger partial charge in [0.1, 0.15) is 11.0 Å². The van der Waals surface area contributed by atoms with Crippen LogP contribution in [0.4, 0.5) is 11.6 Å². The fourth-order valence-electron chi connectivity index (χ4n) is 1.76. The number of aromatic nitrogens is 4. The van der Waals surface area contributed by atoms with Gasteiger partial charge < -0.3 is 9.80 Å². The van der Waals surface area contributed by atoms with Crippen LogP contribution in [-0.4, -0.2) is 47.1 Å². The molecule has 2 heterocycles. The molecule has 0 aliphatic carbocycles. The first-order valence-corrected chi connectivity index (χ1v) is 7.06. The van der Waals surface area contributed by atoms with E-state index in [1.54, 1.807) is 0 Å². The average Bonchev–Trinajstić information content (AvgIpc) is 2.44. The molecule has 0 N–H and O–H groups in total. The molecule has 0 atom stereocenters. The fourth-order valence-corrected chi connectivity index (χ4v) is 2.09. The standard InChI is InChI=1S/C12H16Cl2N6/c1-5-19(3)9-7-8(16-11(13)17-9)10(20(4)6-2)18-12(14)15-7/h5-6H2,1-4H3. The maximum absolute atomic E-state index is 6.03. The maximum Gasteiger partial charge on any atom is 0.225 e. The minimum Gasteiger partial charge on any atom is -0.358 e. The van der Waals surface area contributed by atoms with Gasteiger partial charge in [0.25, 0.3) is 0 Å². The molecule has 0 aromatic carbocycles. The van der Waals surface area contributed by atoms with Gasteiger partial charge in [0.05, 0.1) is 0 Å². The third-order valence-corrected chi connectivity index (χ3v) is 3.46. The van der Waals surface area contributed by atoms with Crippen LogP contribution in [0.5, 0.6) is 0 Å². The quantitative estimate of drug-likeness (QED) is 0.809. The lowest BCUT2D eigenvalue weighted by atomic mass is 10.3. The van der Waals surface area contributed by atoms with E-state index >= 15 is 0 Å². The third-order valence-electron chi connectivity index (χ3n) is 3.12. The summed E-state index contributed by atoms with van der Waals surface area (Å²) in [6.45, 7) is 5.57. The zero-order valence-corrected chi connectivity index (χ0v) is 13.4. The van der Waals surface area contributed by atoms with Crippen LogP contribution >= 0.6 is 23.2 Å². The Morgan fingerprint density at radius 1 is 0.750 bits per heavy atom. The number of hydrogen-bond donors (Lipinski definition) is 0. The number of nitrogens with zero attached hydrogens (tertiary/aromatic N) is 6. The summed E-state index contributed by atoms with van der Waals surface area (Å²) in [6, 6.07) is 0. The molecule has 0 bridgehead atoms. The van der Waals surface area contributed by atoms with Crippen LogP contribution in [0.1, 0.15) is 13.8 Å². The number of rotatable bonds is 4. The number of anilines is 2. The highest BCUT2D eigenvalue weighted by atomic mass is 35.5. The van der Waals surface area contributed by atoms with Crippen molar-refractivity contribution in [1.82, 2.24) is 19.9 Å². The molecule has 6 nitrogen and oxygen atoms in total. The fraction of sp³-hybridized carbons (Fsp3) is 0.500. The van der Waals surface area contributed by atoms with E-state index in [0.29, 0.717) is 22.7 Å². The van der Waals surface area contributed by atoms with Gasteiger partial charge in [-0.15, -0.1) is 0 Å². The lowest BCUT2D eigenvalue weighted by Gasteiger charge is -2.20. The van der Waals surface area contributed by atoms with E-state index in [4.69, 9.17) is 23.2 Å². The molecule has 2 rings (SSSR count). The zero-order chi connectivity index (χ0) is 14.9. The largest absolute Gasteiger partial charge is 0.358 e. The SMILES string of the molecule is CCN(C)c1nc(Cl)nc2c(N(C)CC)nc(Cl)nc12. The topological polar surface area (TPSA) is 58.0 Å². The first-order valence-electron chi connectivity index (χ1n) is 6.31. The van der Waals surface area contributed by atoms with Crippen molar-refractivity contribution in [2.75, 3.05) is 37.0 Å². The number of halogens is 2. The summed E-state index contributed by atoms with van der Waals surface area (Å²) < 4.78 is 0. The Kier molecular flexibility index (Phi) is 4.45. The van der Waals surface area contributed by atoms with Gasteiger partial charge in [-0.1, -0.05) is 0 Å². The van der Waals surface area contributed by atoms with E-state index in [0.717, 1.165) is 13.1 Å². The van der Waals surface area contributed by atoms with Crippen LogP contribution in [0.15, 0.2) is 0 Å². The van der Waals surface area contributed by atoms with E-state index < -0.39 is 0 Å². The minimum atomic E-state index is 0.171. The Morgan fingerprint density at radius 2 is 1.10 bits per heavy atom. The van der Waals surface area contributed by atoms with Crippen molar-refractivity contribution in [3.05, 3.63) is 10.6 Å². The molecule has 0 amide bonds. The Morgan fingerprint density at radius 3 is 1.40 bits per heavy atom. The van der Waals surface area contributed by atoms with Gasteiger partial charge in [0, 0.05) is 27.2 Å². The molecule has 0 saturated carbocycles. The average molecular weight is 315 g/mol. The van der Waals surface area contributed by atoms with Gasteiger partial charge in [0.2, 0.25) is 10.6 Å². The Hall–Kier alpha value is -1.40. The van der Waals surface area contributed by atoms with E-state index in [2.05, 4.69) is 19.9 Å². The van der Waals surface area contributed by atoms with Crippen LogP contribution in [0.3, 0.4) is 0 Å². The molecule has 0 fully saturated rings. The van der Waals surface area contributed by atoms with E-state index in [-0.39, 0.29) is 10.6 Å². The molecule has 108 valence electrons. The van der Waals surface area contributed by atoms with E-state index in [1.165, 1.54) is 0 Å². The van der Waals surface area contributed by atoms with Gasteiger partial charge in [-0.05, 0) is 37.0 Å². The van der Waals surface area contributed by atoms with Gasteiger partial charge in [-0.2, -0.15) is 9.97 Å². The summed E-state index contributed by atoms with van der Waals surface area (Å²) in [5.74, 6) is 1.30. The summed E-state index contributed by atoms with van der Waals surface area (Å²) in [5, 5.41) is 0.342. The highest BCUT2D eigenvalue weighted by molar-refractivity contribution is 6.30. The smallest absolute Gasteiger partial charge is 0.225 e. The summed E-state index contributed by atoms with van der Waals surface area (Å²) in [7, 11) is 3.83. The molecule has 0 radical (unpaired) electrons. The van der Waals surface area contributed by atoms with Crippen LogP contribution in [-0.2, 0) is 0 Å². The van der Waals surface area contributed by atoms with Crippen molar-refractivity contribution in [1.29, 1.82) is 0 Å². The number of hydrogen-bond acceptors (Lipinski definition) is 6. The maximum atomic E-state index is 6.03. The predicted octanol–water partition coefficient (Wildman–Crippen LogP) is 2.64. The first kappa shape index (κ1) is 15.0. The second-order valence-electron chi connectivity index (χ2n) is 4.36. The van der Waals surface area contributed by atoms with Crippen LogP contribution in [0.25, 0.3) is 11.0 Å². The minimum absolute atomic E-state index is 0.171. The Balaban J connectivity index is 2.81. The van der Waals surface area contributed by atoms with Crippen molar-refractivity contribution in [2.45, 2.75) is 13.8 Å². The van der Waals surface area contributed by atoms with Crippen molar-refractivity contribution in [3.8, 4) is 0 Å². The molecule has 20 heavy (non-hydrogen) atoms. The Labute approximate surface area is 127 Å². The van der Waals surface area contributed by atoms with Crippen molar-refractivity contribution < 1.29 is 0 Å². The van der Waals surface area contributed by atoms with Crippen molar-refractivity contribution >= 4 is 45.9 Å². The predicted molar refractivity (Wildman–Crippen MR) is 83.0 cm³/mol. The highest BCUT2D eigenvalue weighted by Gasteiger charge is 2.18. The Bertz CT molecular complexity index is 578. The van der Waals surface area contributed by atoms with Crippen LogP contribution in [0.2, 0.25) is 10.6 Å². The van der Waals surface area contributed by atoms with E-state index in [9.17, 15) is 0 Å². The molecule has 0 spiro atoms. The zero-order valence-electron chi connectivity index (χ0n) is 11.9. The van der Waals surface area contributed by atoms with Gasteiger partial charge in [-0.25, -0.2) is 9.97 Å². The summed E-state index contributed by atoms with van der Waals surface area (Å²) in [4.78, 5) is 20.9. The van der Waals surface area contributed by atoms with Gasteiger partial charge in [-0.3, -0.25) is 0 Å². The lowest BCUT2D eigenvalue weighted by molar-refractivity contribution is 0.919. The molecule has 0 unspecified atom stereocenters. The monoisotopic (exact) mass is 314 g/mol. The third kappa shape index (κ3) is 2.71. The van der Waals surface area contributed by atoms with Crippen molar-refractivity contribution in [2.24, 2.45) is 0 Å². The summed E-state index contributed by atoms with van der Waals surface area (Å²) in [5.41, 5.74) is 1.21. The molecule has 2 aromatic heterocycles. The van der Waals surface area contributed by atoms with Gasteiger partial charge >= 0.3 is 0 Å². The summed E-state index contributed by atoms with van der Waals surface area (Å²) >= 11 is 12.1. The van der Waals surface area contributed by atoms with Crippen LogP contribution < -0.4 is 9.80 Å². The molecule has 8 heteroatoms. The lowest BCUT2D eigenvalue weighted by Crippen LogP contribution is -2.21.